The first-order valence-corrected chi connectivity index (χ1v) is 10.4. The lowest BCUT2D eigenvalue weighted by Crippen LogP contribution is -2.27. The molecule has 0 aliphatic heterocycles. The molecule has 0 radical (unpaired) electrons. The van der Waals surface area contributed by atoms with E-state index < -0.39 is 27.5 Å². The Bertz CT molecular complexity index is 1040. The molecule has 3 rings (SSSR count). The zero-order valence-electron chi connectivity index (χ0n) is 15.2. The largest absolute Gasteiger partial charge is 0.416 e. The molecule has 152 valence electrons. The van der Waals surface area contributed by atoms with E-state index in [2.05, 4.69) is 14.7 Å². The summed E-state index contributed by atoms with van der Waals surface area (Å²) in [5.41, 5.74) is 1.12. The van der Waals surface area contributed by atoms with Crippen LogP contribution in [0.15, 0.2) is 67.0 Å². The van der Waals surface area contributed by atoms with Crippen LogP contribution in [0.25, 0.3) is 11.4 Å². The first-order chi connectivity index (χ1) is 13.7. The van der Waals surface area contributed by atoms with Crippen molar-refractivity contribution in [2.24, 2.45) is 0 Å². The Morgan fingerprint density at radius 2 is 1.48 bits per heavy atom. The van der Waals surface area contributed by atoms with Gasteiger partial charge >= 0.3 is 6.18 Å². The van der Waals surface area contributed by atoms with E-state index in [0.717, 1.165) is 35.4 Å². The molecule has 0 fully saturated rings. The van der Waals surface area contributed by atoms with E-state index in [1.165, 1.54) is 0 Å². The van der Waals surface area contributed by atoms with Crippen molar-refractivity contribution in [3.63, 3.8) is 0 Å². The molecule has 1 N–H and O–H groups in total. The van der Waals surface area contributed by atoms with Crippen LogP contribution >= 0.6 is 0 Å². The summed E-state index contributed by atoms with van der Waals surface area (Å²) >= 11 is 0. The van der Waals surface area contributed by atoms with Crippen LogP contribution in [0.1, 0.15) is 16.7 Å². The Hall–Kier alpha value is -2.78. The van der Waals surface area contributed by atoms with Gasteiger partial charge in [0.1, 0.15) is 0 Å². The summed E-state index contributed by atoms with van der Waals surface area (Å²) < 4.78 is 64.4. The van der Waals surface area contributed by atoms with Gasteiger partial charge in [0, 0.05) is 24.5 Å². The molecule has 5 nitrogen and oxygen atoms in total. The molecule has 0 spiro atoms. The molecule has 9 heteroatoms. The first-order valence-electron chi connectivity index (χ1n) is 8.73. The van der Waals surface area contributed by atoms with Crippen LogP contribution in [-0.2, 0) is 28.4 Å². The van der Waals surface area contributed by atoms with Crippen molar-refractivity contribution in [3.05, 3.63) is 83.7 Å². The number of hydrogen-bond donors (Lipinski definition) is 1. The third-order valence-electron chi connectivity index (χ3n) is 4.11. The maximum atomic E-state index is 12.6. The van der Waals surface area contributed by atoms with Crippen LogP contribution in [0.3, 0.4) is 0 Å². The second-order valence-corrected chi connectivity index (χ2v) is 8.19. The predicted molar refractivity (Wildman–Crippen MR) is 103 cm³/mol. The van der Waals surface area contributed by atoms with Gasteiger partial charge in [0.05, 0.1) is 11.3 Å². The lowest BCUT2D eigenvalue weighted by Gasteiger charge is -2.09. The molecule has 0 aliphatic rings. The maximum absolute atomic E-state index is 12.6. The molecule has 0 amide bonds. The summed E-state index contributed by atoms with van der Waals surface area (Å²) in [5, 5.41) is 0. The first kappa shape index (κ1) is 20.9. The van der Waals surface area contributed by atoms with Gasteiger partial charge < -0.3 is 0 Å². The highest BCUT2D eigenvalue weighted by molar-refractivity contribution is 7.88. The standard InChI is InChI=1S/C20H18F3N3O2S/c21-20(22,23)18-8-6-15(7-9-18)14-29(27,28)26-11-10-16-12-24-19(25-13-16)17-4-2-1-3-5-17/h1-9,12-13,26H,10-11,14H2. The van der Waals surface area contributed by atoms with Gasteiger partial charge in [-0.25, -0.2) is 23.1 Å². The zero-order chi connectivity index (χ0) is 20.9. The molecular weight excluding hydrogens is 403 g/mol. The number of aromatic nitrogens is 2. The maximum Gasteiger partial charge on any atom is 0.416 e. The van der Waals surface area contributed by atoms with Gasteiger partial charge in [0.15, 0.2) is 5.82 Å². The lowest BCUT2D eigenvalue weighted by atomic mass is 10.1. The van der Waals surface area contributed by atoms with E-state index >= 15 is 0 Å². The van der Waals surface area contributed by atoms with E-state index in [1.807, 2.05) is 30.3 Å². The van der Waals surface area contributed by atoms with Gasteiger partial charge in [0.25, 0.3) is 0 Å². The number of hydrogen-bond acceptors (Lipinski definition) is 4. The molecule has 0 atom stereocenters. The SMILES string of the molecule is O=S(=O)(Cc1ccc(C(F)(F)F)cc1)NCCc1cnc(-c2ccccc2)nc1. The summed E-state index contributed by atoms with van der Waals surface area (Å²) in [6.07, 6.45) is -0.784. The molecular formula is C20H18F3N3O2S. The molecule has 0 bridgehead atoms. The number of sulfonamides is 1. The normalized spacial score (nSPS) is 12.1. The van der Waals surface area contributed by atoms with Crippen LogP contribution in [0.4, 0.5) is 13.2 Å². The van der Waals surface area contributed by atoms with Crippen LogP contribution in [0, 0.1) is 0 Å². The number of nitrogens with one attached hydrogen (secondary N) is 1. The molecule has 1 heterocycles. The van der Waals surface area contributed by atoms with E-state index in [9.17, 15) is 21.6 Å². The average Bonchev–Trinajstić information content (AvgIpc) is 2.68. The fourth-order valence-electron chi connectivity index (χ4n) is 2.63. The van der Waals surface area contributed by atoms with Crippen LogP contribution in [-0.4, -0.2) is 24.9 Å². The topological polar surface area (TPSA) is 72.0 Å². The van der Waals surface area contributed by atoms with E-state index in [0.29, 0.717) is 12.2 Å². The summed E-state index contributed by atoms with van der Waals surface area (Å²) in [4.78, 5) is 8.56. The molecule has 0 saturated heterocycles. The Kier molecular flexibility index (Phi) is 6.29. The fourth-order valence-corrected chi connectivity index (χ4v) is 3.78. The quantitative estimate of drug-likeness (QED) is 0.630. The highest BCUT2D eigenvalue weighted by Gasteiger charge is 2.30. The summed E-state index contributed by atoms with van der Waals surface area (Å²) in [7, 11) is -3.68. The lowest BCUT2D eigenvalue weighted by molar-refractivity contribution is -0.137. The second kappa shape index (κ2) is 8.71. The average molecular weight is 421 g/mol. The minimum Gasteiger partial charge on any atom is -0.236 e. The third kappa shape index (κ3) is 6.10. The van der Waals surface area contributed by atoms with Crippen LogP contribution < -0.4 is 4.72 Å². The van der Waals surface area contributed by atoms with Gasteiger partial charge in [-0.15, -0.1) is 0 Å². The van der Waals surface area contributed by atoms with E-state index in [-0.39, 0.29) is 12.1 Å². The van der Waals surface area contributed by atoms with Crippen molar-refractivity contribution in [2.75, 3.05) is 6.54 Å². The summed E-state index contributed by atoms with van der Waals surface area (Å²) in [6.45, 7) is 0.136. The van der Waals surface area contributed by atoms with Gasteiger partial charge in [0.2, 0.25) is 10.0 Å². The fraction of sp³-hybridized carbons (Fsp3) is 0.200. The summed E-state index contributed by atoms with van der Waals surface area (Å²) in [5.74, 6) is 0.187. The van der Waals surface area contributed by atoms with E-state index in [4.69, 9.17) is 0 Å². The zero-order valence-corrected chi connectivity index (χ0v) is 16.0. The van der Waals surface area contributed by atoms with E-state index in [1.54, 1.807) is 12.4 Å². The Morgan fingerprint density at radius 1 is 0.862 bits per heavy atom. The highest BCUT2D eigenvalue weighted by Crippen LogP contribution is 2.29. The number of nitrogens with zero attached hydrogens (tertiary/aromatic N) is 2. The molecule has 0 unspecified atom stereocenters. The Labute approximate surface area is 166 Å². The molecule has 0 aliphatic carbocycles. The third-order valence-corrected chi connectivity index (χ3v) is 5.47. The Morgan fingerprint density at radius 3 is 2.07 bits per heavy atom. The monoisotopic (exact) mass is 421 g/mol. The molecule has 2 aromatic carbocycles. The Balaban J connectivity index is 1.53. The highest BCUT2D eigenvalue weighted by atomic mass is 32.2. The summed E-state index contributed by atoms with van der Waals surface area (Å²) in [6, 6.07) is 13.5. The van der Waals surface area contributed by atoms with Crippen molar-refractivity contribution in [2.45, 2.75) is 18.3 Å². The van der Waals surface area contributed by atoms with Gasteiger partial charge in [-0.05, 0) is 29.7 Å². The smallest absolute Gasteiger partial charge is 0.236 e. The van der Waals surface area contributed by atoms with Crippen LogP contribution in [0.5, 0.6) is 0 Å². The molecule has 3 aromatic rings. The number of halogens is 3. The van der Waals surface area contributed by atoms with Crippen LogP contribution in [0.2, 0.25) is 0 Å². The van der Waals surface area contributed by atoms with Crippen molar-refractivity contribution in [1.29, 1.82) is 0 Å². The predicted octanol–water partition coefficient (Wildman–Crippen LogP) is 3.82. The minimum absolute atomic E-state index is 0.136. The van der Waals surface area contributed by atoms with Gasteiger partial charge in [-0.1, -0.05) is 42.5 Å². The van der Waals surface area contributed by atoms with Crippen molar-refractivity contribution in [3.8, 4) is 11.4 Å². The van der Waals surface area contributed by atoms with Gasteiger partial charge in [-0.3, -0.25) is 0 Å². The second-order valence-electron chi connectivity index (χ2n) is 6.38. The van der Waals surface area contributed by atoms with Crippen molar-refractivity contribution >= 4 is 10.0 Å². The molecule has 29 heavy (non-hydrogen) atoms. The number of rotatable bonds is 7. The van der Waals surface area contributed by atoms with Crippen molar-refractivity contribution in [1.82, 2.24) is 14.7 Å². The molecule has 0 saturated carbocycles. The van der Waals surface area contributed by atoms with Crippen molar-refractivity contribution < 1.29 is 21.6 Å². The minimum atomic E-state index is -4.45. The number of benzene rings is 2. The molecule has 1 aromatic heterocycles. The number of alkyl halides is 3. The van der Waals surface area contributed by atoms with Gasteiger partial charge in [-0.2, -0.15) is 13.2 Å².